The molecule has 0 aromatic heterocycles. The lowest BCUT2D eigenvalue weighted by atomic mass is 9.97. The highest BCUT2D eigenvalue weighted by molar-refractivity contribution is 5.75. The van der Waals surface area contributed by atoms with Gasteiger partial charge in [0, 0.05) is 6.04 Å². The van der Waals surface area contributed by atoms with Crippen molar-refractivity contribution in [2.45, 2.75) is 77.8 Å². The summed E-state index contributed by atoms with van der Waals surface area (Å²) in [4.78, 5) is 11.8. The summed E-state index contributed by atoms with van der Waals surface area (Å²) in [7, 11) is 1.48. The lowest BCUT2D eigenvalue weighted by Gasteiger charge is -2.24. The van der Waals surface area contributed by atoms with Crippen LogP contribution in [0, 0.1) is 11.8 Å². The molecule has 1 aliphatic rings. The monoisotopic (exact) mass is 269 g/mol. The Morgan fingerprint density at radius 1 is 1.26 bits per heavy atom. The molecular formula is C16H31NO2. The fraction of sp³-hybridized carbons (Fsp3) is 0.938. The number of carbonyl (C=O) groups is 1. The summed E-state index contributed by atoms with van der Waals surface area (Å²) in [6.45, 7) is 6.59. The molecule has 0 aromatic rings. The summed E-state index contributed by atoms with van der Waals surface area (Å²) >= 11 is 0. The summed E-state index contributed by atoms with van der Waals surface area (Å²) in [5, 5.41) is 3.55. The summed E-state index contributed by atoms with van der Waals surface area (Å²) in [6.07, 6.45) is 8.48. The molecule has 1 N–H and O–H groups in total. The van der Waals surface area contributed by atoms with Crippen molar-refractivity contribution in [3.63, 3.8) is 0 Å². The van der Waals surface area contributed by atoms with Gasteiger partial charge in [-0.25, -0.2) is 0 Å². The van der Waals surface area contributed by atoms with Gasteiger partial charge in [-0.3, -0.25) is 4.79 Å². The first-order chi connectivity index (χ1) is 9.06. The minimum Gasteiger partial charge on any atom is -0.468 e. The van der Waals surface area contributed by atoms with Crippen LogP contribution in [0.25, 0.3) is 0 Å². The summed E-state index contributed by atoms with van der Waals surface area (Å²) in [5.41, 5.74) is 0. The van der Waals surface area contributed by atoms with E-state index in [1.165, 1.54) is 45.6 Å². The van der Waals surface area contributed by atoms with Crippen molar-refractivity contribution in [2.75, 3.05) is 7.11 Å². The normalized spacial score (nSPS) is 25.9. The highest BCUT2D eigenvalue weighted by Gasteiger charge is 2.25. The van der Waals surface area contributed by atoms with Gasteiger partial charge in [0.15, 0.2) is 0 Å². The maximum Gasteiger partial charge on any atom is 0.322 e. The van der Waals surface area contributed by atoms with Gasteiger partial charge in [-0.15, -0.1) is 0 Å². The van der Waals surface area contributed by atoms with E-state index in [1.54, 1.807) is 0 Å². The molecule has 1 fully saturated rings. The van der Waals surface area contributed by atoms with E-state index in [9.17, 15) is 4.79 Å². The number of rotatable bonds is 6. The first-order valence-electron chi connectivity index (χ1n) is 7.90. The van der Waals surface area contributed by atoms with Crippen molar-refractivity contribution in [1.29, 1.82) is 0 Å². The third-order valence-corrected chi connectivity index (χ3v) is 4.30. The number of nitrogens with one attached hydrogen (secondary N) is 1. The van der Waals surface area contributed by atoms with Gasteiger partial charge in [-0.2, -0.15) is 0 Å². The second-order valence-corrected chi connectivity index (χ2v) is 6.35. The molecule has 1 aliphatic carbocycles. The maximum atomic E-state index is 11.8. The average Bonchev–Trinajstić information content (AvgIpc) is 2.61. The van der Waals surface area contributed by atoms with E-state index in [0.29, 0.717) is 12.0 Å². The van der Waals surface area contributed by atoms with Crippen LogP contribution in [0.3, 0.4) is 0 Å². The van der Waals surface area contributed by atoms with Gasteiger partial charge in [0.2, 0.25) is 0 Å². The summed E-state index contributed by atoms with van der Waals surface area (Å²) in [6, 6.07) is 0.354. The molecule has 0 radical (unpaired) electrons. The number of esters is 1. The Morgan fingerprint density at radius 2 is 2.00 bits per heavy atom. The van der Waals surface area contributed by atoms with Gasteiger partial charge < -0.3 is 10.1 Å². The quantitative estimate of drug-likeness (QED) is 0.592. The molecule has 0 bridgehead atoms. The van der Waals surface area contributed by atoms with Crippen LogP contribution in [0.2, 0.25) is 0 Å². The summed E-state index contributed by atoms with van der Waals surface area (Å²) < 4.78 is 4.93. The van der Waals surface area contributed by atoms with Crippen molar-refractivity contribution in [3.8, 4) is 0 Å². The zero-order valence-corrected chi connectivity index (χ0v) is 13.1. The standard InChI is InChI=1S/C16H31NO2/c1-5-13-7-6-8-14(10-9-13)17-15(11-12(2)3)16(18)19-4/h12-15,17H,5-11H2,1-4H3. The summed E-state index contributed by atoms with van der Waals surface area (Å²) in [5.74, 6) is 1.28. The largest absolute Gasteiger partial charge is 0.468 e. The second-order valence-electron chi connectivity index (χ2n) is 6.35. The SMILES string of the molecule is CCC1CCCC(NC(CC(C)C)C(=O)OC)CC1. The lowest BCUT2D eigenvalue weighted by Crippen LogP contribution is -2.44. The highest BCUT2D eigenvalue weighted by Crippen LogP contribution is 2.26. The third-order valence-electron chi connectivity index (χ3n) is 4.30. The lowest BCUT2D eigenvalue weighted by molar-refractivity contribution is -0.143. The highest BCUT2D eigenvalue weighted by atomic mass is 16.5. The third kappa shape index (κ3) is 5.94. The number of ether oxygens (including phenoxy) is 1. The van der Waals surface area contributed by atoms with E-state index >= 15 is 0 Å². The van der Waals surface area contributed by atoms with Crippen LogP contribution in [-0.4, -0.2) is 25.2 Å². The van der Waals surface area contributed by atoms with Crippen molar-refractivity contribution in [1.82, 2.24) is 5.32 Å². The van der Waals surface area contributed by atoms with Crippen LogP contribution in [0.1, 0.15) is 65.7 Å². The topological polar surface area (TPSA) is 38.3 Å². The Balaban J connectivity index is 2.50. The first kappa shape index (κ1) is 16.5. The van der Waals surface area contributed by atoms with Crippen LogP contribution in [-0.2, 0) is 9.53 Å². The van der Waals surface area contributed by atoms with E-state index in [4.69, 9.17) is 4.74 Å². The predicted molar refractivity (Wildman–Crippen MR) is 79.0 cm³/mol. The molecule has 112 valence electrons. The van der Waals surface area contributed by atoms with Crippen LogP contribution >= 0.6 is 0 Å². The Kier molecular flexibility index (Phi) is 7.44. The molecule has 0 amide bonds. The molecule has 3 nitrogen and oxygen atoms in total. The molecule has 0 aromatic carbocycles. The Morgan fingerprint density at radius 3 is 2.58 bits per heavy atom. The van der Waals surface area contributed by atoms with Crippen molar-refractivity contribution < 1.29 is 9.53 Å². The van der Waals surface area contributed by atoms with Gasteiger partial charge in [-0.1, -0.05) is 40.0 Å². The van der Waals surface area contributed by atoms with Gasteiger partial charge in [0.1, 0.15) is 6.04 Å². The number of hydrogen-bond donors (Lipinski definition) is 1. The number of carbonyl (C=O) groups excluding carboxylic acids is 1. The van der Waals surface area contributed by atoms with E-state index in [-0.39, 0.29) is 12.0 Å². The first-order valence-corrected chi connectivity index (χ1v) is 7.90. The number of hydrogen-bond acceptors (Lipinski definition) is 3. The Hall–Kier alpha value is -0.570. The fourth-order valence-corrected chi connectivity index (χ4v) is 3.08. The molecule has 3 atom stereocenters. The van der Waals surface area contributed by atoms with Gasteiger partial charge in [-0.05, 0) is 37.5 Å². The van der Waals surface area contributed by atoms with Crippen molar-refractivity contribution >= 4 is 5.97 Å². The smallest absolute Gasteiger partial charge is 0.322 e. The predicted octanol–water partition coefficient (Wildman–Crippen LogP) is 3.52. The molecule has 3 unspecified atom stereocenters. The second kappa shape index (κ2) is 8.57. The van der Waals surface area contributed by atoms with Gasteiger partial charge in [0.25, 0.3) is 0 Å². The molecule has 0 spiro atoms. The van der Waals surface area contributed by atoms with Crippen LogP contribution < -0.4 is 5.32 Å². The van der Waals surface area contributed by atoms with Gasteiger partial charge in [0.05, 0.1) is 7.11 Å². The van der Waals surface area contributed by atoms with E-state index < -0.39 is 0 Å². The zero-order chi connectivity index (χ0) is 14.3. The number of methoxy groups -OCH3 is 1. The zero-order valence-electron chi connectivity index (χ0n) is 13.1. The molecule has 0 saturated heterocycles. The molecule has 0 heterocycles. The fourth-order valence-electron chi connectivity index (χ4n) is 3.08. The Bertz CT molecular complexity index is 265. The minimum atomic E-state index is -0.131. The van der Waals surface area contributed by atoms with E-state index in [0.717, 1.165) is 12.3 Å². The minimum absolute atomic E-state index is 0.106. The van der Waals surface area contributed by atoms with E-state index in [1.807, 2.05) is 0 Å². The molecule has 1 saturated carbocycles. The molecule has 19 heavy (non-hydrogen) atoms. The van der Waals surface area contributed by atoms with E-state index in [2.05, 4.69) is 26.1 Å². The molecule has 1 rings (SSSR count). The van der Waals surface area contributed by atoms with Crippen molar-refractivity contribution in [3.05, 3.63) is 0 Å². The maximum absolute atomic E-state index is 11.8. The van der Waals surface area contributed by atoms with Crippen molar-refractivity contribution in [2.24, 2.45) is 11.8 Å². The molecule has 3 heteroatoms. The van der Waals surface area contributed by atoms with Crippen LogP contribution in [0.5, 0.6) is 0 Å². The average molecular weight is 269 g/mol. The molecular weight excluding hydrogens is 238 g/mol. The Labute approximate surface area is 118 Å². The van der Waals surface area contributed by atoms with Crippen LogP contribution in [0.15, 0.2) is 0 Å². The van der Waals surface area contributed by atoms with Crippen LogP contribution in [0.4, 0.5) is 0 Å². The van der Waals surface area contributed by atoms with Gasteiger partial charge >= 0.3 is 5.97 Å². The molecule has 0 aliphatic heterocycles.